The van der Waals surface area contributed by atoms with E-state index in [2.05, 4.69) is 20.0 Å². The van der Waals surface area contributed by atoms with E-state index in [1.807, 2.05) is 0 Å². The van der Waals surface area contributed by atoms with Crippen LogP contribution >= 0.6 is 11.8 Å². The molecular formula is C24H25N5Na2O13S2. The molecule has 4 atom stereocenters. The zero-order valence-corrected chi connectivity index (χ0v) is 30.8. The van der Waals surface area contributed by atoms with Crippen molar-refractivity contribution in [3.8, 4) is 0 Å². The van der Waals surface area contributed by atoms with Crippen molar-refractivity contribution in [3.63, 3.8) is 0 Å². The van der Waals surface area contributed by atoms with E-state index in [4.69, 9.17) is 10.2 Å². The molecule has 22 heteroatoms. The Labute approximate surface area is 309 Å². The molecule has 0 unspecified atom stereocenters. The summed E-state index contributed by atoms with van der Waals surface area (Å²) < 4.78 is 32.0. The number of amides is 4. The van der Waals surface area contributed by atoms with E-state index >= 15 is 0 Å². The molecule has 0 radical (unpaired) electrons. The van der Waals surface area contributed by atoms with E-state index in [-0.39, 0.29) is 94.9 Å². The summed E-state index contributed by atoms with van der Waals surface area (Å²) in [5.41, 5.74) is 4.48. The van der Waals surface area contributed by atoms with Gasteiger partial charge in [-0.15, -0.1) is 11.8 Å². The first-order chi connectivity index (χ1) is 20.6. The molecule has 4 aliphatic rings. The van der Waals surface area contributed by atoms with Gasteiger partial charge in [0, 0.05) is 11.3 Å². The Kier molecular flexibility index (Phi) is 13.0. The topological polar surface area (TPSA) is 271 Å². The van der Waals surface area contributed by atoms with Crippen LogP contribution in [0.15, 0.2) is 39.2 Å². The number of carbonyl (C=O) groups excluding carboxylic acids is 6. The number of carbonyl (C=O) groups is 6. The standard InChI is InChI=1S/C16H16N4O8S.C8H11NO5S.2Na/c1-26-19-9(8-3-2-4-27-8)12(21)18-10-13(22)20-11(15(23)24)7(5-28-16(17)25)6-29-14(10)20;1-8(2)6(7(11)12)9-4(10)3-5(9)15(8,13)14;;/h2-4,10,14H,5-6H2,1H3,(H2,17,25)(H,18,21)(H,23,24);5-6H,3H2,1-2H3,(H,11,12);;/q;;2*+1/p-2/b19-9-;;;/t10-,14-;5-,6+;;/m11../s1. The van der Waals surface area contributed by atoms with Crippen LogP contribution in [0.1, 0.15) is 26.0 Å². The van der Waals surface area contributed by atoms with Gasteiger partial charge in [0.25, 0.3) is 11.8 Å². The Hall–Kier alpha value is -2.59. The molecule has 46 heavy (non-hydrogen) atoms. The van der Waals surface area contributed by atoms with Crippen molar-refractivity contribution in [2.75, 3.05) is 19.5 Å². The van der Waals surface area contributed by atoms with Crippen LogP contribution in [0.2, 0.25) is 0 Å². The van der Waals surface area contributed by atoms with Gasteiger partial charge in [-0.05, 0) is 26.0 Å². The van der Waals surface area contributed by atoms with Crippen molar-refractivity contribution in [2.24, 2.45) is 10.9 Å². The van der Waals surface area contributed by atoms with Crippen molar-refractivity contribution < 1.29 is 121 Å². The van der Waals surface area contributed by atoms with E-state index in [0.29, 0.717) is 0 Å². The van der Waals surface area contributed by atoms with Crippen LogP contribution in [0, 0.1) is 0 Å². The van der Waals surface area contributed by atoms with Crippen LogP contribution in [0.25, 0.3) is 0 Å². The van der Waals surface area contributed by atoms with Crippen LogP contribution in [0.5, 0.6) is 0 Å². The van der Waals surface area contributed by atoms with Crippen molar-refractivity contribution in [1.29, 1.82) is 0 Å². The number of nitrogens with zero attached hydrogens (tertiary/aromatic N) is 3. The quantitative estimate of drug-likeness (QED) is 0.110. The maximum Gasteiger partial charge on any atom is 1.00 e. The van der Waals surface area contributed by atoms with Crippen molar-refractivity contribution in [1.82, 2.24) is 15.1 Å². The number of nitrogens with two attached hydrogens (primary N) is 1. The number of hydrogen-bond acceptors (Lipinski definition) is 15. The summed E-state index contributed by atoms with van der Waals surface area (Å²) in [7, 11) is -2.36. The number of furan rings is 1. The summed E-state index contributed by atoms with van der Waals surface area (Å²) in [4.78, 5) is 76.0. The third kappa shape index (κ3) is 6.98. The Morgan fingerprint density at radius 2 is 1.87 bits per heavy atom. The monoisotopic (exact) mass is 701 g/mol. The van der Waals surface area contributed by atoms with E-state index < -0.39 is 78.9 Å². The summed E-state index contributed by atoms with van der Waals surface area (Å²) in [6, 6.07) is 0.670. The predicted octanol–water partition coefficient (Wildman–Crippen LogP) is -9.99. The molecule has 0 spiro atoms. The third-order valence-electron chi connectivity index (χ3n) is 7.27. The van der Waals surface area contributed by atoms with Gasteiger partial charge < -0.3 is 49.7 Å². The predicted molar refractivity (Wildman–Crippen MR) is 142 cm³/mol. The SMILES string of the molecule is CC1(C)[C@H](C(=O)[O-])N2C(=O)C[C@H]2S1(=O)=O.CO/N=C(\C(=O)N[C@@H]1C(=O)N2C(C(=O)[O-])=C(COC(N)=O)CS[C@H]12)c1ccco1.[Na+].[Na+]. The van der Waals surface area contributed by atoms with E-state index in [0.717, 1.165) is 9.80 Å². The number of sulfone groups is 1. The normalized spacial score (nSPS) is 25.1. The maximum atomic E-state index is 12.5. The summed E-state index contributed by atoms with van der Waals surface area (Å²) in [6.07, 6.45) is 0.147. The number of nitrogens with one attached hydrogen (secondary N) is 1. The van der Waals surface area contributed by atoms with Crippen molar-refractivity contribution in [3.05, 3.63) is 35.4 Å². The van der Waals surface area contributed by atoms with Gasteiger partial charge in [0.15, 0.2) is 15.6 Å². The van der Waals surface area contributed by atoms with Gasteiger partial charge in [0.05, 0.1) is 41.1 Å². The van der Waals surface area contributed by atoms with Gasteiger partial charge >= 0.3 is 65.2 Å². The summed E-state index contributed by atoms with van der Waals surface area (Å²) in [5.74, 6) is -4.69. The second kappa shape index (κ2) is 15.1. The second-order valence-electron chi connectivity index (χ2n) is 10.1. The number of oxime groups is 1. The van der Waals surface area contributed by atoms with Crippen LogP contribution in [0.3, 0.4) is 0 Å². The Morgan fingerprint density at radius 1 is 1.22 bits per heavy atom. The minimum absolute atomic E-state index is 0. The van der Waals surface area contributed by atoms with Crippen LogP contribution < -0.4 is 80.4 Å². The number of β-lactam (4-membered cyclic amide) rings is 2. The number of hydrogen-bond donors (Lipinski definition) is 2. The first-order valence-corrected chi connectivity index (χ1v) is 15.2. The third-order valence-corrected chi connectivity index (χ3v) is 11.4. The molecule has 0 aromatic carbocycles. The Bertz CT molecular complexity index is 1600. The molecule has 1 aromatic heterocycles. The van der Waals surface area contributed by atoms with Crippen LogP contribution in [0.4, 0.5) is 4.79 Å². The molecule has 5 rings (SSSR count). The Morgan fingerprint density at radius 3 is 2.35 bits per heavy atom. The van der Waals surface area contributed by atoms with E-state index in [1.54, 1.807) is 6.07 Å². The summed E-state index contributed by atoms with van der Waals surface area (Å²) in [5, 5.41) is 26.9. The number of ether oxygens (including phenoxy) is 1. The molecule has 0 bridgehead atoms. The summed E-state index contributed by atoms with van der Waals surface area (Å²) >= 11 is 1.18. The molecule has 0 saturated carbocycles. The maximum absolute atomic E-state index is 12.5. The number of rotatable bonds is 8. The van der Waals surface area contributed by atoms with Crippen molar-refractivity contribution in [2.45, 2.75) is 47.8 Å². The fourth-order valence-corrected chi connectivity index (χ4v) is 8.51. The van der Waals surface area contributed by atoms with E-state index in [9.17, 15) is 47.4 Å². The average molecular weight is 702 g/mol. The molecule has 4 amide bonds. The number of fused-ring (bicyclic) bond motifs is 2. The second-order valence-corrected chi connectivity index (χ2v) is 13.9. The zero-order chi connectivity index (χ0) is 32.7. The molecule has 3 fully saturated rings. The van der Waals surface area contributed by atoms with Gasteiger partial charge in [0.2, 0.25) is 11.6 Å². The van der Waals surface area contributed by atoms with Crippen LogP contribution in [-0.4, -0.2) is 107 Å². The molecular weight excluding hydrogens is 676 g/mol. The molecule has 1 aromatic rings. The number of carboxylic acids is 2. The van der Waals surface area contributed by atoms with E-state index in [1.165, 1.54) is 45.0 Å². The molecule has 4 aliphatic heterocycles. The molecule has 5 heterocycles. The first-order valence-electron chi connectivity index (χ1n) is 12.6. The van der Waals surface area contributed by atoms with Gasteiger partial charge in [-0.1, -0.05) is 5.16 Å². The van der Waals surface area contributed by atoms with Gasteiger partial charge in [-0.2, -0.15) is 0 Å². The fraction of sp³-hybridized carbons (Fsp3) is 0.458. The van der Waals surface area contributed by atoms with Crippen molar-refractivity contribution >= 4 is 63.1 Å². The number of carboxylic acid groups (broad SMARTS) is 2. The molecule has 238 valence electrons. The van der Waals surface area contributed by atoms with Gasteiger partial charge in [0.1, 0.15) is 30.5 Å². The zero-order valence-electron chi connectivity index (χ0n) is 25.2. The molecule has 18 nitrogen and oxygen atoms in total. The van der Waals surface area contributed by atoms with Gasteiger partial charge in [-0.3, -0.25) is 19.3 Å². The largest absolute Gasteiger partial charge is 1.00 e. The first kappa shape index (κ1) is 39.6. The minimum Gasteiger partial charge on any atom is -0.548 e. The molecule has 0 aliphatic carbocycles. The smallest absolute Gasteiger partial charge is 0.548 e. The summed E-state index contributed by atoms with van der Waals surface area (Å²) in [6.45, 7) is 2.24. The average Bonchev–Trinajstić information content (AvgIpc) is 3.52. The fourth-order valence-electron chi connectivity index (χ4n) is 5.06. The number of primary amides is 1. The molecule has 3 saturated heterocycles. The number of thioether (sulfide) groups is 1. The van der Waals surface area contributed by atoms with Gasteiger partial charge in [-0.25, -0.2) is 13.2 Å². The minimum atomic E-state index is -3.61. The van der Waals surface area contributed by atoms with Crippen LogP contribution in [-0.2, 0) is 43.4 Å². The Balaban J connectivity index is 0.000000367. The molecule has 3 N–H and O–H groups in total. The number of aliphatic carboxylic acids is 2.